The van der Waals surface area contributed by atoms with Crippen LogP contribution in [0.25, 0.3) is 10.2 Å². The monoisotopic (exact) mass is 316 g/mol. The van der Waals surface area contributed by atoms with E-state index in [4.69, 9.17) is 9.15 Å². The van der Waals surface area contributed by atoms with Crippen LogP contribution in [0.5, 0.6) is 5.75 Å². The first-order chi connectivity index (χ1) is 10.7. The van der Waals surface area contributed by atoms with E-state index in [2.05, 4.69) is 4.98 Å². The molecule has 114 valence electrons. The van der Waals surface area contributed by atoms with E-state index in [1.54, 1.807) is 18.3 Å². The maximum absolute atomic E-state index is 12.3. The molecule has 0 atom stereocenters. The Kier molecular flexibility index (Phi) is 4.11. The first kappa shape index (κ1) is 14.6. The fourth-order valence-corrected chi connectivity index (χ4v) is 3.11. The number of methoxy groups -OCH3 is 1. The van der Waals surface area contributed by atoms with E-state index in [0.29, 0.717) is 18.1 Å². The zero-order valence-electron chi connectivity index (χ0n) is 12.4. The molecule has 0 unspecified atom stereocenters. The number of aromatic nitrogens is 1. The number of hydrogen-bond acceptors (Lipinski definition) is 5. The van der Waals surface area contributed by atoms with E-state index in [1.165, 1.54) is 11.3 Å². The Morgan fingerprint density at radius 1 is 1.41 bits per heavy atom. The van der Waals surface area contributed by atoms with Crippen LogP contribution in [-0.2, 0) is 11.3 Å². The van der Waals surface area contributed by atoms with E-state index in [9.17, 15) is 4.79 Å². The summed E-state index contributed by atoms with van der Waals surface area (Å²) >= 11 is 1.49. The van der Waals surface area contributed by atoms with E-state index in [-0.39, 0.29) is 5.91 Å². The van der Waals surface area contributed by atoms with Crippen molar-refractivity contribution >= 4 is 32.6 Å². The van der Waals surface area contributed by atoms with Crippen LogP contribution in [0.1, 0.15) is 19.1 Å². The van der Waals surface area contributed by atoms with Crippen molar-refractivity contribution in [3.8, 4) is 5.75 Å². The lowest BCUT2D eigenvalue weighted by Gasteiger charge is -2.17. The molecular formula is C16H16N2O3S. The highest BCUT2D eigenvalue weighted by atomic mass is 32.1. The highest BCUT2D eigenvalue weighted by Gasteiger charge is 2.20. The van der Waals surface area contributed by atoms with Crippen molar-refractivity contribution in [2.24, 2.45) is 0 Å². The molecule has 0 bridgehead atoms. The first-order valence-corrected chi connectivity index (χ1v) is 7.80. The molecule has 0 radical (unpaired) electrons. The average molecular weight is 316 g/mol. The maximum Gasteiger partial charge on any atom is 0.228 e. The predicted octanol–water partition coefficient (Wildman–Crippen LogP) is 3.84. The SMILES string of the molecule is CCC(=O)N(Cc1ccco1)c1nc2cc(OC)ccc2s1. The number of nitrogens with zero attached hydrogens (tertiary/aromatic N) is 2. The third-order valence-electron chi connectivity index (χ3n) is 3.31. The summed E-state index contributed by atoms with van der Waals surface area (Å²) in [4.78, 5) is 18.5. The molecule has 0 spiro atoms. The Morgan fingerprint density at radius 3 is 2.95 bits per heavy atom. The maximum atomic E-state index is 12.3. The van der Waals surface area contributed by atoms with Crippen molar-refractivity contribution in [1.82, 2.24) is 4.98 Å². The number of carbonyl (C=O) groups excluding carboxylic acids is 1. The summed E-state index contributed by atoms with van der Waals surface area (Å²) < 4.78 is 11.6. The fourth-order valence-electron chi connectivity index (χ4n) is 2.15. The number of hydrogen-bond donors (Lipinski definition) is 0. The molecule has 5 nitrogen and oxygen atoms in total. The molecule has 6 heteroatoms. The molecule has 0 fully saturated rings. The van der Waals surface area contributed by atoms with Gasteiger partial charge in [0.2, 0.25) is 5.91 Å². The number of carbonyl (C=O) groups is 1. The third kappa shape index (κ3) is 2.82. The van der Waals surface area contributed by atoms with Gasteiger partial charge in [-0.25, -0.2) is 4.98 Å². The average Bonchev–Trinajstić information content (AvgIpc) is 3.19. The largest absolute Gasteiger partial charge is 0.497 e. The van der Waals surface area contributed by atoms with Crippen LogP contribution in [0.2, 0.25) is 0 Å². The molecular weight excluding hydrogens is 300 g/mol. The van der Waals surface area contributed by atoms with Gasteiger partial charge in [-0.15, -0.1) is 0 Å². The highest BCUT2D eigenvalue weighted by molar-refractivity contribution is 7.22. The number of rotatable bonds is 5. The minimum atomic E-state index is 0.0161. The summed E-state index contributed by atoms with van der Waals surface area (Å²) in [5.41, 5.74) is 0.827. The first-order valence-electron chi connectivity index (χ1n) is 6.98. The van der Waals surface area contributed by atoms with Gasteiger partial charge in [-0.05, 0) is 24.3 Å². The van der Waals surface area contributed by atoms with Gasteiger partial charge in [-0.1, -0.05) is 18.3 Å². The topological polar surface area (TPSA) is 55.6 Å². The van der Waals surface area contributed by atoms with Crippen molar-refractivity contribution in [2.75, 3.05) is 12.0 Å². The summed E-state index contributed by atoms with van der Waals surface area (Å²) in [5.74, 6) is 1.50. The Balaban J connectivity index is 1.97. The summed E-state index contributed by atoms with van der Waals surface area (Å²) in [5, 5.41) is 0.673. The Hall–Kier alpha value is -2.34. The summed E-state index contributed by atoms with van der Waals surface area (Å²) in [6.07, 6.45) is 2.02. The van der Waals surface area contributed by atoms with E-state index < -0.39 is 0 Å². The number of ether oxygens (including phenoxy) is 1. The number of amides is 1. The minimum Gasteiger partial charge on any atom is -0.497 e. The van der Waals surface area contributed by atoms with Crippen LogP contribution in [0.3, 0.4) is 0 Å². The lowest BCUT2D eigenvalue weighted by molar-refractivity contribution is -0.118. The van der Waals surface area contributed by atoms with Crippen LogP contribution in [0.15, 0.2) is 41.0 Å². The molecule has 2 aromatic heterocycles. The van der Waals surface area contributed by atoms with Crippen molar-refractivity contribution < 1.29 is 13.9 Å². The second-order valence-electron chi connectivity index (χ2n) is 4.74. The highest BCUT2D eigenvalue weighted by Crippen LogP contribution is 2.32. The molecule has 0 aliphatic heterocycles. The second kappa shape index (κ2) is 6.19. The van der Waals surface area contributed by atoms with Crippen molar-refractivity contribution in [3.63, 3.8) is 0 Å². The van der Waals surface area contributed by atoms with Crippen molar-refractivity contribution in [2.45, 2.75) is 19.9 Å². The summed E-state index contributed by atoms with van der Waals surface area (Å²) in [7, 11) is 1.62. The van der Waals surface area contributed by atoms with Crippen molar-refractivity contribution in [1.29, 1.82) is 0 Å². The molecule has 0 saturated carbocycles. The molecule has 3 rings (SSSR count). The van der Waals surface area contributed by atoms with Gasteiger partial charge in [-0.3, -0.25) is 9.69 Å². The van der Waals surface area contributed by atoms with E-state index in [1.807, 2.05) is 37.3 Å². The molecule has 0 N–H and O–H groups in total. The lowest BCUT2D eigenvalue weighted by atomic mass is 10.3. The number of benzene rings is 1. The Labute approximate surface area is 132 Å². The molecule has 2 heterocycles. The third-order valence-corrected chi connectivity index (χ3v) is 4.37. The predicted molar refractivity (Wildman–Crippen MR) is 86.4 cm³/mol. The summed E-state index contributed by atoms with van der Waals surface area (Å²) in [6.45, 7) is 2.23. The van der Waals surface area contributed by atoms with Gasteiger partial charge in [0, 0.05) is 12.5 Å². The molecule has 1 amide bonds. The van der Waals surface area contributed by atoms with Gasteiger partial charge >= 0.3 is 0 Å². The number of anilines is 1. The molecule has 0 aliphatic carbocycles. The van der Waals surface area contributed by atoms with Crippen LogP contribution in [-0.4, -0.2) is 18.0 Å². The molecule has 22 heavy (non-hydrogen) atoms. The normalized spacial score (nSPS) is 10.8. The van der Waals surface area contributed by atoms with Crippen LogP contribution >= 0.6 is 11.3 Å². The van der Waals surface area contributed by atoms with Crippen LogP contribution in [0, 0.1) is 0 Å². The summed E-state index contributed by atoms with van der Waals surface area (Å²) in [6, 6.07) is 9.38. The van der Waals surface area contributed by atoms with Gasteiger partial charge < -0.3 is 9.15 Å². The molecule has 0 saturated heterocycles. The number of fused-ring (bicyclic) bond motifs is 1. The quantitative estimate of drug-likeness (QED) is 0.717. The van der Waals surface area contributed by atoms with E-state index >= 15 is 0 Å². The number of thiazole rings is 1. The van der Waals surface area contributed by atoms with Gasteiger partial charge in [0.05, 0.1) is 30.1 Å². The van der Waals surface area contributed by atoms with Crippen LogP contribution < -0.4 is 9.64 Å². The standard InChI is InChI=1S/C16H16N2O3S/c1-3-15(19)18(10-12-5-4-8-21-12)16-17-13-9-11(20-2)6-7-14(13)22-16/h4-9H,3,10H2,1-2H3. The van der Waals surface area contributed by atoms with Crippen molar-refractivity contribution in [3.05, 3.63) is 42.4 Å². The Bertz CT molecular complexity index is 780. The van der Waals surface area contributed by atoms with Gasteiger partial charge in [0.15, 0.2) is 5.13 Å². The fraction of sp³-hybridized carbons (Fsp3) is 0.250. The zero-order chi connectivity index (χ0) is 15.5. The van der Waals surface area contributed by atoms with Gasteiger partial charge in [0.25, 0.3) is 0 Å². The van der Waals surface area contributed by atoms with Crippen LogP contribution in [0.4, 0.5) is 5.13 Å². The Morgan fingerprint density at radius 2 is 2.27 bits per heavy atom. The lowest BCUT2D eigenvalue weighted by Crippen LogP contribution is -2.29. The molecule has 3 aromatic rings. The van der Waals surface area contributed by atoms with E-state index in [0.717, 1.165) is 21.7 Å². The number of furan rings is 1. The second-order valence-corrected chi connectivity index (χ2v) is 5.75. The minimum absolute atomic E-state index is 0.0161. The molecule has 0 aliphatic rings. The molecule has 1 aromatic carbocycles. The smallest absolute Gasteiger partial charge is 0.228 e. The van der Waals surface area contributed by atoms with Gasteiger partial charge in [0.1, 0.15) is 11.5 Å². The zero-order valence-corrected chi connectivity index (χ0v) is 13.2. The van der Waals surface area contributed by atoms with Gasteiger partial charge in [-0.2, -0.15) is 0 Å².